The Morgan fingerprint density at radius 1 is 0.974 bits per heavy atom. The minimum Gasteiger partial charge on any atom is -0.494 e. The van der Waals surface area contributed by atoms with Gasteiger partial charge < -0.3 is 10.8 Å². The predicted octanol–water partition coefficient (Wildman–Crippen LogP) is 5.11. The third-order valence-electron chi connectivity index (χ3n) is 5.91. The zero-order chi connectivity index (χ0) is 27.6. The second-order valence-corrected chi connectivity index (χ2v) is 8.94. The number of benzene rings is 3. The number of hydrogen-bond acceptors (Lipinski definition) is 4. The number of hydrogen-bond donors (Lipinski definition) is 3. The fourth-order valence-electron chi connectivity index (χ4n) is 4.30. The van der Waals surface area contributed by atoms with Gasteiger partial charge in [0, 0.05) is 29.5 Å². The molecule has 1 heterocycles. The van der Waals surface area contributed by atoms with Crippen molar-refractivity contribution in [3.05, 3.63) is 94.5 Å². The number of alkyl halides is 3. The second kappa shape index (κ2) is 10.4. The molecule has 0 fully saturated rings. The van der Waals surface area contributed by atoms with Crippen LogP contribution in [0.2, 0.25) is 0 Å². The molecule has 0 saturated heterocycles. The molecule has 4 rings (SSSR count). The lowest BCUT2D eigenvalue weighted by Crippen LogP contribution is -2.22. The van der Waals surface area contributed by atoms with E-state index in [2.05, 4.69) is 10.5 Å². The molecule has 0 unspecified atom stereocenters. The van der Waals surface area contributed by atoms with E-state index >= 15 is 0 Å². The Bertz CT molecular complexity index is 1540. The molecule has 1 aromatic heterocycles. The van der Waals surface area contributed by atoms with Gasteiger partial charge >= 0.3 is 6.18 Å². The van der Waals surface area contributed by atoms with E-state index in [1.54, 1.807) is 42.5 Å². The average Bonchev–Trinajstić information content (AvgIpc) is 3.13. The van der Waals surface area contributed by atoms with Gasteiger partial charge in [-0.15, -0.1) is 0 Å². The minimum atomic E-state index is -4.60. The number of nitrogens with two attached hydrogens (primary N) is 1. The lowest BCUT2D eigenvalue weighted by molar-refractivity contribution is -0.137. The van der Waals surface area contributed by atoms with Gasteiger partial charge in [0.25, 0.3) is 0 Å². The van der Waals surface area contributed by atoms with Gasteiger partial charge in [0.05, 0.1) is 16.6 Å². The number of hydrazone groups is 1. The van der Waals surface area contributed by atoms with Crippen molar-refractivity contribution in [3.63, 3.8) is 0 Å². The van der Waals surface area contributed by atoms with E-state index in [1.165, 1.54) is 10.6 Å². The molecule has 4 aromatic rings. The van der Waals surface area contributed by atoms with Gasteiger partial charge in [-0.05, 0) is 49.2 Å². The maximum absolute atomic E-state index is 13.7. The highest BCUT2D eigenvalue weighted by molar-refractivity contribution is 6.21. The molecule has 0 saturated carbocycles. The van der Waals surface area contributed by atoms with Gasteiger partial charge in [0.15, 0.2) is 0 Å². The van der Waals surface area contributed by atoms with Crippen LogP contribution in [0.3, 0.4) is 0 Å². The van der Waals surface area contributed by atoms with Crippen LogP contribution in [0, 0.1) is 13.8 Å². The molecule has 2 amide bonds. The van der Waals surface area contributed by atoms with Crippen molar-refractivity contribution in [1.29, 1.82) is 0 Å². The highest BCUT2D eigenvalue weighted by Gasteiger charge is 2.32. The molecule has 0 atom stereocenters. The smallest absolute Gasteiger partial charge is 0.416 e. The summed E-state index contributed by atoms with van der Waals surface area (Å²) in [5, 5.41) is 16.1. The molecular weight excluding hydrogens is 497 g/mol. The number of rotatable bonds is 7. The Morgan fingerprint density at radius 2 is 1.63 bits per heavy atom. The molecular formula is C28H25F3N4O3. The van der Waals surface area contributed by atoms with E-state index in [0.29, 0.717) is 16.6 Å². The first-order valence-electron chi connectivity index (χ1n) is 11.7. The third kappa shape index (κ3) is 5.54. The van der Waals surface area contributed by atoms with E-state index in [0.717, 1.165) is 23.3 Å². The van der Waals surface area contributed by atoms with Crippen LogP contribution in [-0.2, 0) is 15.8 Å². The van der Waals surface area contributed by atoms with Crippen molar-refractivity contribution in [2.45, 2.75) is 32.9 Å². The Labute approximate surface area is 216 Å². The first-order chi connectivity index (χ1) is 18.0. The number of aryl methyl sites for hydroxylation is 2. The van der Waals surface area contributed by atoms with Crippen LogP contribution in [0.5, 0.6) is 5.88 Å². The standard InChI is InChI=1S/C28H25F3N4O3/c1-16-12-17(2)14-20(13-16)35-22-15-19(28(29,30)31)8-9-21(22)25(27(35)38)26(18-6-4-3-5-7-18)34-33-24(37)11-10-23(32)36/h3-9,12-15,38H,10-11H2,1-2H3,(H2,32,36)(H,33,37)/b34-26+. The Morgan fingerprint density at radius 3 is 2.24 bits per heavy atom. The van der Waals surface area contributed by atoms with Crippen molar-refractivity contribution < 1.29 is 27.9 Å². The minimum absolute atomic E-state index is 0.112. The number of nitrogens with zero attached hydrogens (tertiary/aromatic N) is 2. The van der Waals surface area contributed by atoms with E-state index in [4.69, 9.17) is 5.73 Å². The molecule has 38 heavy (non-hydrogen) atoms. The fraction of sp³-hybridized carbons (Fsp3) is 0.179. The maximum atomic E-state index is 13.7. The van der Waals surface area contributed by atoms with Gasteiger partial charge in [-0.2, -0.15) is 18.3 Å². The van der Waals surface area contributed by atoms with Crippen LogP contribution in [-0.4, -0.2) is 27.2 Å². The van der Waals surface area contributed by atoms with Crippen LogP contribution < -0.4 is 11.2 Å². The highest BCUT2D eigenvalue weighted by Crippen LogP contribution is 2.39. The molecule has 7 nitrogen and oxygen atoms in total. The summed E-state index contributed by atoms with van der Waals surface area (Å²) in [5.74, 6) is -1.59. The van der Waals surface area contributed by atoms with Crippen LogP contribution >= 0.6 is 0 Å². The number of amides is 2. The van der Waals surface area contributed by atoms with E-state index in [9.17, 15) is 27.9 Å². The number of carbonyl (C=O) groups excluding carboxylic acids is 2. The van der Waals surface area contributed by atoms with Crippen LogP contribution in [0.1, 0.15) is 40.7 Å². The summed E-state index contributed by atoms with van der Waals surface area (Å²) >= 11 is 0. The molecule has 0 spiro atoms. The summed E-state index contributed by atoms with van der Waals surface area (Å²) in [4.78, 5) is 23.4. The van der Waals surface area contributed by atoms with Crippen molar-refractivity contribution in [2.24, 2.45) is 10.8 Å². The monoisotopic (exact) mass is 522 g/mol. The van der Waals surface area contributed by atoms with Gasteiger partial charge in [-0.1, -0.05) is 42.5 Å². The number of nitrogens with one attached hydrogen (secondary N) is 1. The first-order valence-corrected chi connectivity index (χ1v) is 11.7. The quantitative estimate of drug-likeness (QED) is 0.232. The SMILES string of the molecule is Cc1cc(C)cc(-n2c(O)c(/C(=N/NC(=O)CCC(N)=O)c3ccccc3)c3ccc(C(F)(F)F)cc32)c1. The summed E-state index contributed by atoms with van der Waals surface area (Å²) in [6.07, 6.45) is -4.99. The number of halogens is 3. The second-order valence-electron chi connectivity index (χ2n) is 8.94. The van der Waals surface area contributed by atoms with Gasteiger partial charge in [-0.25, -0.2) is 5.43 Å². The Balaban J connectivity index is 1.99. The summed E-state index contributed by atoms with van der Waals surface area (Å²) in [6.45, 7) is 3.69. The maximum Gasteiger partial charge on any atom is 0.416 e. The van der Waals surface area contributed by atoms with Crippen molar-refractivity contribution in [1.82, 2.24) is 9.99 Å². The fourth-order valence-corrected chi connectivity index (χ4v) is 4.30. The normalized spacial score (nSPS) is 12.1. The predicted molar refractivity (Wildman–Crippen MR) is 138 cm³/mol. The molecule has 196 valence electrons. The summed E-state index contributed by atoms with van der Waals surface area (Å²) in [5.41, 5.74) is 9.65. The number of carbonyl (C=O) groups is 2. The largest absolute Gasteiger partial charge is 0.494 e. The molecule has 0 bridgehead atoms. The number of aromatic nitrogens is 1. The Kier molecular flexibility index (Phi) is 7.25. The van der Waals surface area contributed by atoms with Crippen LogP contribution in [0.25, 0.3) is 16.6 Å². The topological polar surface area (TPSA) is 110 Å². The summed E-state index contributed by atoms with van der Waals surface area (Å²) in [6, 6.07) is 17.2. The van der Waals surface area contributed by atoms with E-state index < -0.39 is 23.6 Å². The molecule has 4 N–H and O–H groups in total. The number of primary amides is 1. The van der Waals surface area contributed by atoms with Crippen molar-refractivity contribution in [3.8, 4) is 11.6 Å². The lowest BCUT2D eigenvalue weighted by Gasteiger charge is -2.12. The van der Waals surface area contributed by atoms with E-state index in [1.807, 2.05) is 19.9 Å². The molecule has 3 aromatic carbocycles. The van der Waals surface area contributed by atoms with Gasteiger partial charge in [0.1, 0.15) is 5.71 Å². The zero-order valence-electron chi connectivity index (χ0n) is 20.6. The highest BCUT2D eigenvalue weighted by atomic mass is 19.4. The van der Waals surface area contributed by atoms with Crippen LogP contribution in [0.15, 0.2) is 71.8 Å². The average molecular weight is 523 g/mol. The molecule has 0 aliphatic carbocycles. The zero-order valence-corrected chi connectivity index (χ0v) is 20.6. The van der Waals surface area contributed by atoms with Gasteiger partial charge in [-0.3, -0.25) is 14.2 Å². The molecule has 10 heteroatoms. The summed E-state index contributed by atoms with van der Waals surface area (Å²) < 4.78 is 42.4. The van der Waals surface area contributed by atoms with Crippen molar-refractivity contribution in [2.75, 3.05) is 0 Å². The van der Waals surface area contributed by atoms with E-state index in [-0.39, 0.29) is 35.5 Å². The number of aromatic hydroxyl groups is 1. The lowest BCUT2D eigenvalue weighted by atomic mass is 10.0. The Hall–Kier alpha value is -4.60. The van der Waals surface area contributed by atoms with Crippen molar-refractivity contribution >= 4 is 28.4 Å². The molecule has 0 aliphatic heterocycles. The molecule has 0 aliphatic rings. The van der Waals surface area contributed by atoms with Gasteiger partial charge in [0.2, 0.25) is 17.7 Å². The summed E-state index contributed by atoms with van der Waals surface area (Å²) in [7, 11) is 0. The molecule has 0 radical (unpaired) electrons. The third-order valence-corrected chi connectivity index (χ3v) is 5.91. The number of fused-ring (bicyclic) bond motifs is 1. The first kappa shape index (κ1) is 26.5. The van der Waals surface area contributed by atoms with Crippen LogP contribution in [0.4, 0.5) is 13.2 Å².